The highest BCUT2D eigenvalue weighted by Crippen LogP contribution is 2.30. The molecule has 1 fully saturated rings. The monoisotopic (exact) mass is 418 g/mol. The Kier molecular flexibility index (Phi) is 6.62. The fourth-order valence-corrected chi connectivity index (χ4v) is 4.38. The summed E-state index contributed by atoms with van der Waals surface area (Å²) in [5.74, 6) is 1.19. The van der Waals surface area contributed by atoms with Crippen LogP contribution in [-0.4, -0.2) is 58.1 Å². The maximum Gasteiger partial charge on any atom is 0.257 e. The maximum atomic E-state index is 13.2. The van der Waals surface area contributed by atoms with E-state index in [1.54, 1.807) is 11.1 Å². The second kappa shape index (κ2) is 9.75. The smallest absolute Gasteiger partial charge is 0.257 e. The zero-order chi connectivity index (χ0) is 21.6. The first-order valence-electron chi connectivity index (χ1n) is 10.8. The number of piperidine rings is 1. The molecule has 1 amide bonds. The van der Waals surface area contributed by atoms with Crippen LogP contribution in [0.1, 0.15) is 45.9 Å². The molecule has 1 aliphatic heterocycles. The number of nitrogens with one attached hydrogen (secondary N) is 2. The van der Waals surface area contributed by atoms with Crippen molar-refractivity contribution in [2.24, 2.45) is 0 Å². The number of benzene rings is 1. The highest BCUT2D eigenvalue weighted by atomic mass is 16.2. The van der Waals surface area contributed by atoms with Crippen molar-refractivity contribution in [3.8, 4) is 0 Å². The summed E-state index contributed by atoms with van der Waals surface area (Å²) in [7, 11) is 3.75. The van der Waals surface area contributed by atoms with Gasteiger partial charge in [0.05, 0.1) is 17.5 Å². The van der Waals surface area contributed by atoms with E-state index in [9.17, 15) is 4.79 Å². The van der Waals surface area contributed by atoms with Gasteiger partial charge in [-0.15, -0.1) is 0 Å². The molecule has 31 heavy (non-hydrogen) atoms. The lowest BCUT2D eigenvalue weighted by Crippen LogP contribution is -2.35. The molecular formula is C24H30N6O. The lowest BCUT2D eigenvalue weighted by molar-refractivity contribution is 0.0782. The standard InChI is InChI=1S/C24H30N6O/c1-25-23-20(10-6-12-26-23)17-30-13-7-11-19(16-30)22-21(14-27-28-22)24(31)29(2)15-18-8-4-3-5-9-18/h3-6,8-10,12,14,19H,7,11,13,15-17H2,1-2H3,(H,25,26)(H,27,28). The Morgan fingerprint density at radius 1 is 1.26 bits per heavy atom. The highest BCUT2D eigenvalue weighted by molar-refractivity contribution is 5.95. The van der Waals surface area contributed by atoms with Crippen LogP contribution in [0.2, 0.25) is 0 Å². The van der Waals surface area contributed by atoms with Crippen LogP contribution >= 0.6 is 0 Å². The van der Waals surface area contributed by atoms with E-state index in [2.05, 4.69) is 31.5 Å². The van der Waals surface area contributed by atoms with Gasteiger partial charge >= 0.3 is 0 Å². The molecule has 1 saturated heterocycles. The highest BCUT2D eigenvalue weighted by Gasteiger charge is 2.28. The summed E-state index contributed by atoms with van der Waals surface area (Å²) in [6.45, 7) is 3.35. The molecule has 4 rings (SSSR count). The van der Waals surface area contributed by atoms with E-state index in [-0.39, 0.29) is 11.8 Å². The van der Waals surface area contributed by atoms with Crippen molar-refractivity contribution in [2.45, 2.75) is 31.8 Å². The number of carbonyl (C=O) groups is 1. The molecule has 0 aliphatic carbocycles. The SMILES string of the molecule is CNc1ncccc1CN1CCCC(c2[nH]ncc2C(=O)N(C)Cc2ccccc2)C1. The third kappa shape index (κ3) is 4.94. The number of hydrogen-bond acceptors (Lipinski definition) is 5. The molecule has 3 aromatic rings. The fraction of sp³-hybridized carbons (Fsp3) is 0.375. The summed E-state index contributed by atoms with van der Waals surface area (Å²) in [5.41, 5.74) is 3.94. The number of hydrogen-bond donors (Lipinski definition) is 2. The molecule has 162 valence electrons. The van der Waals surface area contributed by atoms with Gasteiger partial charge in [0.25, 0.3) is 5.91 Å². The molecule has 0 spiro atoms. The molecule has 1 aromatic carbocycles. The Labute approximate surface area is 183 Å². The average molecular weight is 419 g/mol. The van der Waals surface area contributed by atoms with Gasteiger partial charge in [0.15, 0.2) is 0 Å². The molecule has 2 aromatic heterocycles. The largest absolute Gasteiger partial charge is 0.373 e. The zero-order valence-corrected chi connectivity index (χ0v) is 18.2. The summed E-state index contributed by atoms with van der Waals surface area (Å²) in [5, 5.41) is 10.5. The van der Waals surface area contributed by atoms with E-state index in [0.717, 1.165) is 49.6 Å². The summed E-state index contributed by atoms with van der Waals surface area (Å²) in [4.78, 5) is 21.8. The first kappa shape index (κ1) is 21.1. The second-order valence-electron chi connectivity index (χ2n) is 8.18. The minimum absolute atomic E-state index is 0.00875. The Morgan fingerprint density at radius 3 is 2.90 bits per heavy atom. The van der Waals surface area contributed by atoms with E-state index >= 15 is 0 Å². The maximum absolute atomic E-state index is 13.2. The van der Waals surface area contributed by atoms with Crippen molar-refractivity contribution in [2.75, 3.05) is 32.5 Å². The summed E-state index contributed by atoms with van der Waals surface area (Å²) in [6.07, 6.45) is 5.63. The number of likely N-dealkylation sites (tertiary alicyclic amines) is 1. The Hall–Kier alpha value is -3.19. The van der Waals surface area contributed by atoms with Crippen LogP contribution in [0.3, 0.4) is 0 Å². The van der Waals surface area contributed by atoms with E-state index < -0.39 is 0 Å². The second-order valence-corrected chi connectivity index (χ2v) is 8.18. The number of H-pyrrole nitrogens is 1. The first-order chi connectivity index (χ1) is 15.2. The first-order valence-corrected chi connectivity index (χ1v) is 10.8. The van der Waals surface area contributed by atoms with Crippen LogP contribution in [0, 0.1) is 0 Å². The van der Waals surface area contributed by atoms with Crippen molar-refractivity contribution in [1.29, 1.82) is 0 Å². The molecule has 0 radical (unpaired) electrons. The molecule has 2 N–H and O–H groups in total. The molecule has 3 heterocycles. The van der Waals surface area contributed by atoms with Crippen molar-refractivity contribution in [1.82, 2.24) is 25.0 Å². The molecule has 7 nitrogen and oxygen atoms in total. The summed E-state index contributed by atoms with van der Waals surface area (Å²) >= 11 is 0. The van der Waals surface area contributed by atoms with Crippen LogP contribution in [-0.2, 0) is 13.1 Å². The minimum atomic E-state index is 0.00875. The van der Waals surface area contributed by atoms with Gasteiger partial charge < -0.3 is 10.2 Å². The van der Waals surface area contributed by atoms with Crippen molar-refractivity contribution >= 4 is 11.7 Å². The number of pyridine rings is 1. The number of nitrogens with zero attached hydrogens (tertiary/aromatic N) is 4. The van der Waals surface area contributed by atoms with Gasteiger partial charge in [-0.1, -0.05) is 36.4 Å². The Morgan fingerprint density at radius 2 is 2.10 bits per heavy atom. The van der Waals surface area contributed by atoms with Gasteiger partial charge in [-0.2, -0.15) is 5.10 Å². The van der Waals surface area contributed by atoms with Crippen molar-refractivity contribution in [3.63, 3.8) is 0 Å². The van der Waals surface area contributed by atoms with Gasteiger partial charge in [0.2, 0.25) is 0 Å². The molecule has 0 bridgehead atoms. The lowest BCUT2D eigenvalue weighted by Gasteiger charge is -2.33. The third-order valence-electron chi connectivity index (χ3n) is 5.94. The Bertz CT molecular complexity index is 1000. The quantitative estimate of drug-likeness (QED) is 0.614. The molecule has 7 heteroatoms. The number of aromatic nitrogens is 3. The van der Waals surface area contributed by atoms with Crippen LogP contribution in [0.15, 0.2) is 54.9 Å². The van der Waals surface area contributed by atoms with Crippen molar-refractivity contribution < 1.29 is 4.79 Å². The predicted molar refractivity (Wildman–Crippen MR) is 122 cm³/mol. The van der Waals surface area contributed by atoms with Gasteiger partial charge in [-0.25, -0.2) is 4.98 Å². The van der Waals surface area contributed by atoms with E-state index in [0.29, 0.717) is 12.1 Å². The molecular weight excluding hydrogens is 388 g/mol. The number of carbonyl (C=O) groups excluding carboxylic acids is 1. The van der Waals surface area contributed by atoms with Crippen LogP contribution in [0.5, 0.6) is 0 Å². The van der Waals surface area contributed by atoms with E-state index in [1.807, 2.05) is 56.7 Å². The number of anilines is 1. The molecule has 0 saturated carbocycles. The van der Waals surface area contributed by atoms with Gasteiger partial charge in [0.1, 0.15) is 5.82 Å². The van der Waals surface area contributed by atoms with Crippen molar-refractivity contribution in [3.05, 3.63) is 77.2 Å². The van der Waals surface area contributed by atoms with Gasteiger partial charge in [-0.05, 0) is 31.0 Å². The molecule has 1 atom stereocenters. The van der Waals surface area contributed by atoms with Crippen LogP contribution < -0.4 is 5.32 Å². The van der Waals surface area contributed by atoms with Crippen LogP contribution in [0.4, 0.5) is 5.82 Å². The van der Waals surface area contributed by atoms with Gasteiger partial charge in [-0.3, -0.25) is 14.8 Å². The number of amides is 1. The van der Waals surface area contributed by atoms with Crippen LogP contribution in [0.25, 0.3) is 0 Å². The Balaban J connectivity index is 1.45. The van der Waals surface area contributed by atoms with E-state index in [1.165, 1.54) is 5.56 Å². The topological polar surface area (TPSA) is 77.1 Å². The predicted octanol–water partition coefficient (Wildman–Crippen LogP) is 3.50. The minimum Gasteiger partial charge on any atom is -0.373 e. The number of rotatable bonds is 7. The molecule has 1 aliphatic rings. The fourth-order valence-electron chi connectivity index (χ4n) is 4.38. The zero-order valence-electron chi connectivity index (χ0n) is 18.2. The molecule has 1 unspecified atom stereocenters. The van der Waals surface area contributed by atoms with E-state index in [4.69, 9.17) is 0 Å². The summed E-state index contributed by atoms with van der Waals surface area (Å²) < 4.78 is 0. The number of aromatic amines is 1. The van der Waals surface area contributed by atoms with Gasteiger partial charge in [0, 0.05) is 51.4 Å². The summed E-state index contributed by atoms with van der Waals surface area (Å²) in [6, 6.07) is 14.1. The normalized spacial score (nSPS) is 16.8. The average Bonchev–Trinajstić information content (AvgIpc) is 3.30. The third-order valence-corrected chi connectivity index (χ3v) is 5.94. The lowest BCUT2D eigenvalue weighted by atomic mass is 9.92.